The highest BCUT2D eigenvalue weighted by Gasteiger charge is 1.99. The lowest BCUT2D eigenvalue weighted by Gasteiger charge is -2.10. The standard InChI is InChI=1S/C8H7ClO.C4H9NO/c9-6-8(10)7-4-2-1-3-5-7;1-3-6-4-2-5-1/h1-5H,6H2;5H,1-4H2. The van der Waals surface area contributed by atoms with Crippen molar-refractivity contribution in [1.29, 1.82) is 0 Å². The third-order valence-corrected chi connectivity index (χ3v) is 2.31. The van der Waals surface area contributed by atoms with E-state index >= 15 is 0 Å². The summed E-state index contributed by atoms with van der Waals surface area (Å²) in [5.41, 5.74) is 0.678. The van der Waals surface area contributed by atoms with Crippen LogP contribution in [-0.4, -0.2) is 38.0 Å². The molecule has 1 fully saturated rings. The molecule has 88 valence electrons. The summed E-state index contributed by atoms with van der Waals surface area (Å²) in [6, 6.07) is 9.01. The van der Waals surface area contributed by atoms with Crippen LogP contribution in [0.2, 0.25) is 0 Å². The second-order valence-electron chi connectivity index (χ2n) is 3.29. The Hall–Kier alpha value is -0.900. The molecule has 0 amide bonds. The molecule has 0 saturated carbocycles. The van der Waals surface area contributed by atoms with Gasteiger partial charge < -0.3 is 10.1 Å². The number of Topliss-reactive ketones (excluding diaryl/α,β-unsaturated/α-hetero) is 1. The lowest BCUT2D eigenvalue weighted by molar-refractivity contribution is 0.102. The summed E-state index contributed by atoms with van der Waals surface area (Å²) in [4.78, 5) is 10.9. The van der Waals surface area contributed by atoms with E-state index in [4.69, 9.17) is 16.3 Å². The van der Waals surface area contributed by atoms with Gasteiger partial charge in [0.15, 0.2) is 5.78 Å². The number of benzene rings is 1. The average Bonchev–Trinajstić information content (AvgIpc) is 2.41. The van der Waals surface area contributed by atoms with E-state index in [1.54, 1.807) is 12.1 Å². The Labute approximate surface area is 101 Å². The van der Waals surface area contributed by atoms with Crippen molar-refractivity contribution in [2.45, 2.75) is 0 Å². The first-order valence-electron chi connectivity index (χ1n) is 5.27. The maximum absolute atomic E-state index is 10.9. The maximum atomic E-state index is 10.9. The third-order valence-electron chi connectivity index (χ3n) is 2.06. The van der Waals surface area contributed by atoms with Crippen molar-refractivity contribution in [3.05, 3.63) is 35.9 Å². The Bertz CT molecular complexity index is 288. The Morgan fingerprint density at radius 1 is 1.25 bits per heavy atom. The van der Waals surface area contributed by atoms with Gasteiger partial charge in [0.25, 0.3) is 0 Å². The van der Waals surface area contributed by atoms with Crippen molar-refractivity contribution < 1.29 is 9.53 Å². The van der Waals surface area contributed by atoms with Gasteiger partial charge in [-0.1, -0.05) is 30.3 Å². The molecule has 0 spiro atoms. The number of nitrogens with one attached hydrogen (secondary N) is 1. The van der Waals surface area contributed by atoms with E-state index in [-0.39, 0.29) is 11.7 Å². The van der Waals surface area contributed by atoms with Gasteiger partial charge in [-0.3, -0.25) is 4.79 Å². The molecule has 0 unspecified atom stereocenters. The summed E-state index contributed by atoms with van der Waals surface area (Å²) >= 11 is 5.34. The van der Waals surface area contributed by atoms with Gasteiger partial charge in [-0.2, -0.15) is 0 Å². The van der Waals surface area contributed by atoms with Gasteiger partial charge in [0.1, 0.15) is 0 Å². The highest BCUT2D eigenvalue weighted by atomic mass is 35.5. The summed E-state index contributed by atoms with van der Waals surface area (Å²) in [5, 5.41) is 3.16. The van der Waals surface area contributed by atoms with Gasteiger partial charge in [0, 0.05) is 18.7 Å². The first kappa shape index (κ1) is 13.2. The van der Waals surface area contributed by atoms with Crippen molar-refractivity contribution in [3.63, 3.8) is 0 Å². The predicted molar refractivity (Wildman–Crippen MR) is 65.2 cm³/mol. The van der Waals surface area contributed by atoms with E-state index in [9.17, 15) is 4.79 Å². The van der Waals surface area contributed by atoms with Crippen LogP contribution in [0.1, 0.15) is 10.4 Å². The molecule has 16 heavy (non-hydrogen) atoms. The van der Waals surface area contributed by atoms with Crippen molar-refractivity contribution in [2.24, 2.45) is 0 Å². The van der Waals surface area contributed by atoms with E-state index < -0.39 is 0 Å². The number of halogens is 1. The van der Waals surface area contributed by atoms with E-state index in [0.717, 1.165) is 26.3 Å². The molecule has 1 aromatic rings. The molecule has 1 aliphatic rings. The molecule has 4 heteroatoms. The second kappa shape index (κ2) is 8.28. The molecule has 0 atom stereocenters. The summed E-state index contributed by atoms with van der Waals surface area (Å²) in [7, 11) is 0. The Morgan fingerprint density at radius 2 is 1.88 bits per heavy atom. The van der Waals surface area contributed by atoms with Crippen LogP contribution in [-0.2, 0) is 4.74 Å². The fourth-order valence-electron chi connectivity index (χ4n) is 1.22. The number of alkyl halides is 1. The highest BCUT2D eigenvalue weighted by Crippen LogP contribution is 2.00. The molecular weight excluding hydrogens is 226 g/mol. The molecule has 0 aliphatic carbocycles. The second-order valence-corrected chi connectivity index (χ2v) is 3.55. The number of ketones is 1. The lowest BCUT2D eigenvalue weighted by Crippen LogP contribution is -2.30. The van der Waals surface area contributed by atoms with Gasteiger partial charge in [-0.05, 0) is 0 Å². The fraction of sp³-hybridized carbons (Fsp3) is 0.417. The number of morpholine rings is 1. The number of ether oxygens (including phenoxy) is 1. The maximum Gasteiger partial charge on any atom is 0.177 e. The van der Waals surface area contributed by atoms with E-state index in [1.807, 2.05) is 18.2 Å². The van der Waals surface area contributed by atoms with Crippen LogP contribution < -0.4 is 5.32 Å². The Morgan fingerprint density at radius 3 is 2.25 bits per heavy atom. The highest BCUT2D eigenvalue weighted by molar-refractivity contribution is 6.30. The monoisotopic (exact) mass is 241 g/mol. The first-order chi connectivity index (χ1) is 7.84. The van der Waals surface area contributed by atoms with E-state index in [1.165, 1.54) is 0 Å². The van der Waals surface area contributed by atoms with Crippen LogP contribution in [0.25, 0.3) is 0 Å². The van der Waals surface area contributed by atoms with Crippen LogP contribution in [0.4, 0.5) is 0 Å². The molecule has 1 saturated heterocycles. The van der Waals surface area contributed by atoms with Crippen molar-refractivity contribution in [2.75, 3.05) is 32.2 Å². The summed E-state index contributed by atoms with van der Waals surface area (Å²) in [6.07, 6.45) is 0. The normalized spacial score (nSPS) is 14.8. The van der Waals surface area contributed by atoms with Crippen LogP contribution in [0.15, 0.2) is 30.3 Å². The molecule has 1 aromatic carbocycles. The molecule has 3 nitrogen and oxygen atoms in total. The fourth-order valence-corrected chi connectivity index (χ4v) is 1.37. The lowest BCUT2D eigenvalue weighted by atomic mass is 10.2. The molecule has 2 rings (SSSR count). The van der Waals surface area contributed by atoms with Crippen LogP contribution in [0.3, 0.4) is 0 Å². The van der Waals surface area contributed by atoms with Crippen LogP contribution in [0, 0.1) is 0 Å². The number of hydrogen-bond acceptors (Lipinski definition) is 3. The summed E-state index contributed by atoms with van der Waals surface area (Å²) in [6.45, 7) is 3.83. The summed E-state index contributed by atoms with van der Waals surface area (Å²) < 4.78 is 5.01. The zero-order chi connectivity index (χ0) is 11.6. The predicted octanol–water partition coefficient (Wildman–Crippen LogP) is 1.71. The third kappa shape index (κ3) is 5.26. The zero-order valence-corrected chi connectivity index (χ0v) is 9.87. The quantitative estimate of drug-likeness (QED) is 0.633. The largest absolute Gasteiger partial charge is 0.379 e. The minimum atomic E-state index is -0.0257. The van der Waals surface area contributed by atoms with Crippen molar-refractivity contribution in [3.8, 4) is 0 Å². The Balaban J connectivity index is 0.000000181. The molecule has 0 radical (unpaired) electrons. The number of carbonyl (C=O) groups excluding carboxylic acids is 1. The minimum Gasteiger partial charge on any atom is -0.379 e. The number of hydrogen-bond donors (Lipinski definition) is 1. The van der Waals surface area contributed by atoms with E-state index in [2.05, 4.69) is 5.32 Å². The van der Waals surface area contributed by atoms with Gasteiger partial charge in [0.2, 0.25) is 0 Å². The average molecular weight is 242 g/mol. The zero-order valence-electron chi connectivity index (χ0n) is 9.12. The van der Waals surface area contributed by atoms with E-state index in [0.29, 0.717) is 5.56 Å². The molecule has 1 aliphatic heterocycles. The molecule has 0 aromatic heterocycles. The SMILES string of the molecule is C1COCCN1.O=C(CCl)c1ccccc1. The minimum absolute atomic E-state index is 0.0257. The molecule has 0 bridgehead atoms. The first-order valence-corrected chi connectivity index (χ1v) is 5.80. The molecule has 1 heterocycles. The number of carbonyl (C=O) groups is 1. The Kier molecular flexibility index (Phi) is 6.81. The summed E-state index contributed by atoms with van der Waals surface area (Å²) in [5.74, 6) is 0.0339. The molecular formula is C12H16ClNO2. The van der Waals surface area contributed by atoms with Gasteiger partial charge in [-0.25, -0.2) is 0 Å². The smallest absolute Gasteiger partial charge is 0.177 e. The van der Waals surface area contributed by atoms with Gasteiger partial charge in [-0.15, -0.1) is 11.6 Å². The van der Waals surface area contributed by atoms with Crippen molar-refractivity contribution in [1.82, 2.24) is 5.32 Å². The van der Waals surface area contributed by atoms with Crippen LogP contribution >= 0.6 is 11.6 Å². The molecule has 1 N–H and O–H groups in total. The number of rotatable bonds is 2. The van der Waals surface area contributed by atoms with Gasteiger partial charge in [0.05, 0.1) is 19.1 Å². The van der Waals surface area contributed by atoms with Crippen LogP contribution in [0.5, 0.6) is 0 Å². The van der Waals surface area contributed by atoms with Crippen molar-refractivity contribution >= 4 is 17.4 Å². The van der Waals surface area contributed by atoms with Gasteiger partial charge >= 0.3 is 0 Å². The topological polar surface area (TPSA) is 38.3 Å².